The SMILES string of the molecule is CCN=C1NC(=O)[C@@H](CC(=O)Nc2cccc(Cl)c2C)S1. The predicted molar refractivity (Wildman–Crippen MR) is 86.9 cm³/mol. The molecular formula is C14H16ClN3O2S. The maximum absolute atomic E-state index is 12.1. The minimum absolute atomic E-state index is 0.102. The first-order chi connectivity index (χ1) is 10.0. The third kappa shape index (κ3) is 3.98. The summed E-state index contributed by atoms with van der Waals surface area (Å²) >= 11 is 7.30. The molecule has 1 fully saturated rings. The van der Waals surface area contributed by atoms with Gasteiger partial charge in [-0.25, -0.2) is 0 Å². The number of aliphatic imine (C=N–C) groups is 1. The normalized spacial score (nSPS) is 19.7. The van der Waals surface area contributed by atoms with E-state index in [2.05, 4.69) is 15.6 Å². The van der Waals surface area contributed by atoms with Crippen molar-refractivity contribution in [3.63, 3.8) is 0 Å². The highest BCUT2D eigenvalue weighted by atomic mass is 35.5. The lowest BCUT2D eigenvalue weighted by molar-refractivity contribution is -0.122. The van der Waals surface area contributed by atoms with Gasteiger partial charge in [0.05, 0.1) is 0 Å². The fourth-order valence-electron chi connectivity index (χ4n) is 1.87. The lowest BCUT2D eigenvalue weighted by Gasteiger charge is -2.10. The number of halogens is 1. The molecule has 1 aromatic carbocycles. The van der Waals surface area contributed by atoms with Crippen molar-refractivity contribution >= 4 is 46.0 Å². The molecule has 21 heavy (non-hydrogen) atoms. The van der Waals surface area contributed by atoms with Crippen LogP contribution in [0.4, 0.5) is 5.69 Å². The van der Waals surface area contributed by atoms with E-state index >= 15 is 0 Å². The summed E-state index contributed by atoms with van der Waals surface area (Å²) < 4.78 is 0. The molecule has 2 amide bonds. The van der Waals surface area contributed by atoms with Gasteiger partial charge < -0.3 is 10.6 Å². The summed E-state index contributed by atoms with van der Waals surface area (Å²) in [5, 5.41) is 6.20. The molecule has 0 aromatic heterocycles. The molecule has 7 heteroatoms. The zero-order chi connectivity index (χ0) is 15.4. The topological polar surface area (TPSA) is 70.6 Å². The van der Waals surface area contributed by atoms with Crippen LogP contribution in [0.5, 0.6) is 0 Å². The van der Waals surface area contributed by atoms with Crippen LogP contribution in [0.15, 0.2) is 23.2 Å². The average molecular weight is 326 g/mol. The van der Waals surface area contributed by atoms with Crippen LogP contribution in [-0.4, -0.2) is 28.8 Å². The Kier molecular flexibility index (Phi) is 5.25. The number of amides is 2. The van der Waals surface area contributed by atoms with Gasteiger partial charge in [0.15, 0.2) is 5.17 Å². The molecule has 5 nitrogen and oxygen atoms in total. The Morgan fingerprint density at radius 1 is 1.52 bits per heavy atom. The first-order valence-corrected chi connectivity index (χ1v) is 7.84. The molecule has 1 aliphatic rings. The van der Waals surface area contributed by atoms with Gasteiger partial charge in [0.1, 0.15) is 5.25 Å². The molecule has 1 atom stereocenters. The first-order valence-electron chi connectivity index (χ1n) is 6.58. The van der Waals surface area contributed by atoms with Crippen LogP contribution < -0.4 is 10.6 Å². The molecule has 112 valence electrons. The molecule has 0 unspecified atom stereocenters. The van der Waals surface area contributed by atoms with Crippen molar-refractivity contribution in [3.05, 3.63) is 28.8 Å². The molecule has 1 aromatic rings. The Balaban J connectivity index is 1.98. The number of amidine groups is 1. The van der Waals surface area contributed by atoms with Crippen molar-refractivity contribution in [1.82, 2.24) is 5.32 Å². The lowest BCUT2D eigenvalue weighted by atomic mass is 10.2. The van der Waals surface area contributed by atoms with Crippen molar-refractivity contribution in [3.8, 4) is 0 Å². The Morgan fingerprint density at radius 3 is 3.00 bits per heavy atom. The number of anilines is 1. The number of rotatable bonds is 4. The Bertz CT molecular complexity index is 604. The van der Waals surface area contributed by atoms with Crippen LogP contribution in [0, 0.1) is 6.92 Å². The second-order valence-corrected chi connectivity index (χ2v) is 6.14. The van der Waals surface area contributed by atoms with Crippen LogP contribution in [0.25, 0.3) is 0 Å². The van der Waals surface area contributed by atoms with Gasteiger partial charge in [-0.05, 0) is 31.5 Å². The van der Waals surface area contributed by atoms with E-state index in [4.69, 9.17) is 11.6 Å². The molecule has 2 rings (SSSR count). The van der Waals surface area contributed by atoms with E-state index < -0.39 is 5.25 Å². The number of thioether (sulfide) groups is 1. The molecule has 0 radical (unpaired) electrons. The molecule has 0 saturated carbocycles. The highest BCUT2D eigenvalue weighted by Crippen LogP contribution is 2.25. The number of carbonyl (C=O) groups is 2. The summed E-state index contributed by atoms with van der Waals surface area (Å²) in [5.74, 6) is -0.393. The van der Waals surface area contributed by atoms with Crippen molar-refractivity contribution in [2.75, 3.05) is 11.9 Å². The molecule has 0 aliphatic carbocycles. The van der Waals surface area contributed by atoms with Crippen molar-refractivity contribution in [1.29, 1.82) is 0 Å². The number of nitrogens with one attached hydrogen (secondary N) is 2. The molecule has 0 spiro atoms. The zero-order valence-electron chi connectivity index (χ0n) is 11.8. The quantitative estimate of drug-likeness (QED) is 0.894. The van der Waals surface area contributed by atoms with Crippen LogP contribution in [0.1, 0.15) is 18.9 Å². The Hall–Kier alpha value is -1.53. The summed E-state index contributed by atoms with van der Waals surface area (Å²) in [6.45, 7) is 4.33. The number of nitrogens with zero attached hydrogens (tertiary/aromatic N) is 1. The molecule has 1 heterocycles. The van der Waals surface area contributed by atoms with E-state index in [1.54, 1.807) is 18.2 Å². The molecule has 1 saturated heterocycles. The monoisotopic (exact) mass is 325 g/mol. The maximum atomic E-state index is 12.1. The third-order valence-electron chi connectivity index (χ3n) is 2.99. The van der Waals surface area contributed by atoms with E-state index in [1.807, 2.05) is 13.8 Å². The molecule has 2 N–H and O–H groups in total. The van der Waals surface area contributed by atoms with E-state index in [1.165, 1.54) is 11.8 Å². The van der Waals surface area contributed by atoms with E-state index in [0.717, 1.165) is 5.56 Å². The first kappa shape index (κ1) is 15.9. The lowest BCUT2D eigenvalue weighted by Crippen LogP contribution is -2.28. The third-order valence-corrected chi connectivity index (χ3v) is 4.52. The van der Waals surface area contributed by atoms with Gasteiger partial charge in [-0.15, -0.1) is 0 Å². The zero-order valence-corrected chi connectivity index (χ0v) is 13.3. The summed E-state index contributed by atoms with van der Waals surface area (Å²) in [7, 11) is 0. The smallest absolute Gasteiger partial charge is 0.240 e. The fourth-order valence-corrected chi connectivity index (χ4v) is 3.08. The van der Waals surface area contributed by atoms with Crippen molar-refractivity contribution in [2.45, 2.75) is 25.5 Å². The number of hydrogen-bond acceptors (Lipinski definition) is 4. The van der Waals surface area contributed by atoms with Crippen LogP contribution in [0.3, 0.4) is 0 Å². The summed E-state index contributed by atoms with van der Waals surface area (Å²) in [6.07, 6.45) is 0.102. The van der Waals surface area contributed by atoms with Gasteiger partial charge in [0, 0.05) is 23.7 Å². The van der Waals surface area contributed by atoms with Gasteiger partial charge in [0.25, 0.3) is 0 Å². The van der Waals surface area contributed by atoms with Crippen LogP contribution in [-0.2, 0) is 9.59 Å². The van der Waals surface area contributed by atoms with Crippen LogP contribution >= 0.6 is 23.4 Å². The maximum Gasteiger partial charge on any atom is 0.240 e. The number of benzene rings is 1. The summed E-state index contributed by atoms with van der Waals surface area (Å²) in [4.78, 5) is 27.9. The molecule has 0 bridgehead atoms. The van der Waals surface area contributed by atoms with Gasteiger partial charge >= 0.3 is 0 Å². The molecule has 1 aliphatic heterocycles. The number of hydrogen-bond donors (Lipinski definition) is 2. The predicted octanol–water partition coefficient (Wildman–Crippen LogP) is 2.58. The van der Waals surface area contributed by atoms with Crippen molar-refractivity contribution < 1.29 is 9.59 Å². The molecular weight excluding hydrogens is 310 g/mol. The second kappa shape index (κ2) is 6.95. The fraction of sp³-hybridized carbons (Fsp3) is 0.357. The van der Waals surface area contributed by atoms with E-state index in [9.17, 15) is 9.59 Å². The average Bonchev–Trinajstić information content (AvgIpc) is 2.76. The van der Waals surface area contributed by atoms with E-state index in [-0.39, 0.29) is 18.2 Å². The largest absolute Gasteiger partial charge is 0.326 e. The summed E-state index contributed by atoms with van der Waals surface area (Å²) in [5.41, 5.74) is 1.47. The standard InChI is InChI=1S/C14H16ClN3O2S/c1-3-16-14-18-13(20)11(21-14)7-12(19)17-10-6-4-5-9(15)8(10)2/h4-6,11H,3,7H2,1-2H3,(H,17,19)(H,16,18,20)/t11-/m1/s1. The Labute approximate surface area is 132 Å². The Morgan fingerprint density at radius 2 is 2.29 bits per heavy atom. The highest BCUT2D eigenvalue weighted by molar-refractivity contribution is 8.15. The van der Waals surface area contributed by atoms with Crippen molar-refractivity contribution in [2.24, 2.45) is 4.99 Å². The van der Waals surface area contributed by atoms with Gasteiger partial charge in [-0.1, -0.05) is 29.4 Å². The van der Waals surface area contributed by atoms with Gasteiger partial charge in [-0.2, -0.15) is 0 Å². The minimum Gasteiger partial charge on any atom is -0.326 e. The second-order valence-electron chi connectivity index (χ2n) is 4.54. The highest BCUT2D eigenvalue weighted by Gasteiger charge is 2.31. The van der Waals surface area contributed by atoms with Gasteiger partial charge in [0.2, 0.25) is 11.8 Å². The minimum atomic E-state index is -0.435. The summed E-state index contributed by atoms with van der Waals surface area (Å²) in [6, 6.07) is 5.32. The van der Waals surface area contributed by atoms with E-state index in [0.29, 0.717) is 22.4 Å². The van der Waals surface area contributed by atoms with Gasteiger partial charge in [-0.3, -0.25) is 14.6 Å². The number of carbonyl (C=O) groups excluding carboxylic acids is 2. The van der Waals surface area contributed by atoms with Crippen LogP contribution in [0.2, 0.25) is 5.02 Å².